The zero-order valence-corrected chi connectivity index (χ0v) is 35.1. The summed E-state index contributed by atoms with van der Waals surface area (Å²) in [5, 5.41) is 1.95. The van der Waals surface area contributed by atoms with Gasteiger partial charge in [-0.05, 0) is 115 Å². The molecular formula is C49H66O6. The zero-order chi connectivity index (χ0) is 39.8. The quantitative estimate of drug-likeness (QED) is 0.160. The summed E-state index contributed by atoms with van der Waals surface area (Å²) in [4.78, 5) is 56.2. The average Bonchev–Trinajstić information content (AvgIpc) is 3.49. The van der Waals surface area contributed by atoms with E-state index in [1.165, 1.54) is 24.0 Å². The monoisotopic (exact) mass is 750 g/mol. The Hall–Kier alpha value is -3.54. The first-order valence-corrected chi connectivity index (χ1v) is 21.3. The summed E-state index contributed by atoms with van der Waals surface area (Å²) in [6.07, 6.45) is 13.2. The van der Waals surface area contributed by atoms with Gasteiger partial charge in [0.05, 0.1) is 7.11 Å². The third-order valence-electron chi connectivity index (χ3n) is 13.6. The molecule has 3 saturated carbocycles. The van der Waals surface area contributed by atoms with Gasteiger partial charge < -0.3 is 9.47 Å². The van der Waals surface area contributed by atoms with E-state index in [1.807, 2.05) is 39.0 Å². The fourth-order valence-electron chi connectivity index (χ4n) is 10.4. The van der Waals surface area contributed by atoms with Crippen molar-refractivity contribution in [2.24, 2.45) is 52.3 Å². The minimum absolute atomic E-state index is 0.00461. The molecule has 3 fully saturated rings. The van der Waals surface area contributed by atoms with E-state index in [0.717, 1.165) is 59.9 Å². The van der Waals surface area contributed by atoms with Crippen LogP contribution in [0, 0.1) is 52.3 Å². The van der Waals surface area contributed by atoms with E-state index >= 15 is 0 Å². The standard InChI is InChI=1S/C49H66O6/c1-29(2)18-33-14-15-34(19-33)35-21-36-22-38(54-9)16-17-40(36)46(23-35)55-39-25-41(45(52)28-49(31(5)50)27-44(49)30(3)4)42(26-39)47(53)43(48(6,7)8)24-37(51)20-32-12-10-11-13-32/h15-17,19,21-23,29-30,32,39,41-44H,10-14,18,20,24-28H2,1-9H3. The first-order chi connectivity index (χ1) is 26.0. The Labute approximate surface area is 330 Å². The number of benzene rings is 2. The molecule has 6 unspecified atom stereocenters. The van der Waals surface area contributed by atoms with Crippen molar-refractivity contribution in [2.45, 2.75) is 139 Å². The van der Waals surface area contributed by atoms with Crippen LogP contribution in [0.5, 0.6) is 11.5 Å². The van der Waals surface area contributed by atoms with Crippen LogP contribution in [0.1, 0.15) is 138 Å². The Morgan fingerprint density at radius 2 is 1.65 bits per heavy atom. The van der Waals surface area contributed by atoms with E-state index < -0.39 is 28.6 Å². The Balaban J connectivity index is 1.32. The lowest BCUT2D eigenvalue weighted by Gasteiger charge is -2.33. The van der Waals surface area contributed by atoms with Gasteiger partial charge in [-0.15, -0.1) is 0 Å². The smallest absolute Gasteiger partial charge is 0.140 e. The first-order valence-electron chi connectivity index (χ1n) is 21.3. The van der Waals surface area contributed by atoms with Gasteiger partial charge >= 0.3 is 0 Å². The highest BCUT2D eigenvalue weighted by Crippen LogP contribution is 2.60. The lowest BCUT2D eigenvalue weighted by atomic mass is 9.69. The highest BCUT2D eigenvalue weighted by molar-refractivity contribution is 5.98. The van der Waals surface area contributed by atoms with Gasteiger partial charge in [-0.2, -0.15) is 0 Å². The molecule has 0 radical (unpaired) electrons. The molecule has 0 aliphatic heterocycles. The molecule has 6 nitrogen and oxygen atoms in total. The van der Waals surface area contributed by atoms with Gasteiger partial charge in [0.15, 0.2) is 0 Å². The summed E-state index contributed by atoms with van der Waals surface area (Å²) in [6, 6.07) is 10.3. The van der Waals surface area contributed by atoms with Gasteiger partial charge in [-0.25, -0.2) is 0 Å². The first kappa shape index (κ1) is 41.1. The van der Waals surface area contributed by atoms with Gasteiger partial charge in [0.25, 0.3) is 0 Å². The summed E-state index contributed by atoms with van der Waals surface area (Å²) in [6.45, 7) is 16.5. The van der Waals surface area contributed by atoms with Crippen LogP contribution < -0.4 is 9.47 Å². The van der Waals surface area contributed by atoms with Gasteiger partial charge in [0, 0.05) is 47.8 Å². The maximum absolute atomic E-state index is 14.9. The number of allylic oxidation sites excluding steroid dienone is 4. The Morgan fingerprint density at radius 3 is 2.27 bits per heavy atom. The molecule has 2 aromatic rings. The fourth-order valence-corrected chi connectivity index (χ4v) is 10.4. The Bertz CT molecular complexity index is 1850. The van der Waals surface area contributed by atoms with Crippen molar-refractivity contribution in [3.05, 3.63) is 53.6 Å². The zero-order valence-electron chi connectivity index (χ0n) is 35.1. The molecule has 0 heterocycles. The lowest BCUT2D eigenvalue weighted by molar-refractivity contribution is -0.139. The van der Waals surface area contributed by atoms with Crippen molar-refractivity contribution in [1.82, 2.24) is 0 Å². The van der Waals surface area contributed by atoms with Crippen LogP contribution in [0.4, 0.5) is 0 Å². The topological polar surface area (TPSA) is 86.7 Å². The van der Waals surface area contributed by atoms with Crippen molar-refractivity contribution in [3.8, 4) is 11.5 Å². The SMILES string of the molecule is COc1ccc2c(OC3CC(C(=O)CC4(C(C)=O)CC4C(C)C)C(C(=O)C(CC(=O)CC4CCCC4)C(C)(C)C)C3)cc(C3=CCC(CC(C)C)=C3)cc2c1. The minimum atomic E-state index is -0.640. The molecular weight excluding hydrogens is 685 g/mol. The molecule has 0 N–H and O–H groups in total. The largest absolute Gasteiger partial charge is 0.497 e. The molecule has 6 rings (SSSR count). The Morgan fingerprint density at radius 1 is 0.945 bits per heavy atom. The van der Waals surface area contributed by atoms with E-state index in [1.54, 1.807) is 14.0 Å². The van der Waals surface area contributed by atoms with E-state index in [4.69, 9.17) is 9.47 Å². The van der Waals surface area contributed by atoms with Gasteiger partial charge in [-0.1, -0.05) is 91.9 Å². The molecule has 55 heavy (non-hydrogen) atoms. The minimum Gasteiger partial charge on any atom is -0.497 e. The number of carbonyl (C=O) groups is 4. The molecule has 298 valence electrons. The fraction of sp³-hybridized carbons (Fsp3) is 0.633. The summed E-state index contributed by atoms with van der Waals surface area (Å²) in [5.74, 6) is 1.57. The molecule has 0 amide bonds. The number of fused-ring (bicyclic) bond motifs is 1. The average molecular weight is 751 g/mol. The predicted molar refractivity (Wildman–Crippen MR) is 221 cm³/mol. The molecule has 4 aliphatic rings. The number of hydrogen-bond donors (Lipinski definition) is 0. The number of Topliss-reactive ketones (excluding diaryl/α,β-unsaturated/α-hetero) is 4. The maximum Gasteiger partial charge on any atom is 0.140 e. The normalized spacial score (nSPS) is 26.0. The highest BCUT2D eigenvalue weighted by atomic mass is 16.5. The molecule has 0 bridgehead atoms. The van der Waals surface area contributed by atoms with Crippen molar-refractivity contribution in [3.63, 3.8) is 0 Å². The van der Waals surface area contributed by atoms with Gasteiger partial charge in [0.2, 0.25) is 0 Å². The molecule has 6 heteroatoms. The third-order valence-corrected chi connectivity index (χ3v) is 13.6. The van der Waals surface area contributed by atoms with Crippen LogP contribution in [0.25, 0.3) is 16.3 Å². The number of ketones is 4. The van der Waals surface area contributed by atoms with E-state index in [9.17, 15) is 19.2 Å². The van der Waals surface area contributed by atoms with Crippen molar-refractivity contribution in [2.75, 3.05) is 7.11 Å². The summed E-state index contributed by atoms with van der Waals surface area (Å²) < 4.78 is 12.6. The second-order valence-electron chi connectivity index (χ2n) is 19.6. The summed E-state index contributed by atoms with van der Waals surface area (Å²) in [5.41, 5.74) is 2.57. The molecule has 4 aliphatic carbocycles. The third kappa shape index (κ3) is 9.21. The van der Waals surface area contributed by atoms with Crippen LogP contribution in [0.3, 0.4) is 0 Å². The molecule has 6 atom stereocenters. The van der Waals surface area contributed by atoms with Gasteiger partial charge in [-0.3, -0.25) is 19.2 Å². The second kappa shape index (κ2) is 16.5. The number of ether oxygens (including phenoxy) is 2. The molecule has 0 aromatic heterocycles. The summed E-state index contributed by atoms with van der Waals surface area (Å²) >= 11 is 0. The van der Waals surface area contributed by atoms with Crippen LogP contribution in [0.15, 0.2) is 48.1 Å². The highest BCUT2D eigenvalue weighted by Gasteiger charge is 2.61. The molecule has 0 saturated heterocycles. The number of rotatable bonds is 17. The van der Waals surface area contributed by atoms with E-state index in [-0.39, 0.29) is 48.0 Å². The van der Waals surface area contributed by atoms with Crippen molar-refractivity contribution in [1.29, 1.82) is 0 Å². The van der Waals surface area contributed by atoms with Crippen molar-refractivity contribution < 1.29 is 28.7 Å². The van der Waals surface area contributed by atoms with Crippen LogP contribution in [0.2, 0.25) is 0 Å². The number of carbonyl (C=O) groups excluding carboxylic acids is 4. The number of hydrogen-bond acceptors (Lipinski definition) is 6. The maximum atomic E-state index is 14.9. The number of methoxy groups -OCH3 is 1. The lowest BCUT2D eigenvalue weighted by Crippen LogP contribution is -2.38. The van der Waals surface area contributed by atoms with E-state index in [2.05, 4.69) is 52.0 Å². The predicted octanol–water partition coefficient (Wildman–Crippen LogP) is 11.4. The van der Waals surface area contributed by atoms with Gasteiger partial charge in [0.1, 0.15) is 40.7 Å². The van der Waals surface area contributed by atoms with Crippen LogP contribution in [-0.4, -0.2) is 36.3 Å². The molecule has 0 spiro atoms. The molecule has 2 aromatic carbocycles. The summed E-state index contributed by atoms with van der Waals surface area (Å²) in [7, 11) is 1.67. The Kier molecular flexibility index (Phi) is 12.3. The van der Waals surface area contributed by atoms with Crippen molar-refractivity contribution >= 4 is 39.5 Å². The van der Waals surface area contributed by atoms with Crippen LogP contribution in [-0.2, 0) is 19.2 Å². The van der Waals surface area contributed by atoms with E-state index in [0.29, 0.717) is 37.0 Å². The van der Waals surface area contributed by atoms with Crippen LogP contribution >= 0.6 is 0 Å². The second-order valence-corrected chi connectivity index (χ2v) is 19.6.